The van der Waals surface area contributed by atoms with Crippen LogP contribution >= 0.6 is 0 Å². The van der Waals surface area contributed by atoms with E-state index in [2.05, 4.69) is 18.3 Å². The lowest BCUT2D eigenvalue weighted by Gasteiger charge is -2.18. The molecule has 1 aromatic rings. The van der Waals surface area contributed by atoms with E-state index >= 15 is 0 Å². The van der Waals surface area contributed by atoms with E-state index in [-0.39, 0.29) is 0 Å². The lowest BCUT2D eigenvalue weighted by atomic mass is 9.92. The highest BCUT2D eigenvalue weighted by atomic mass is 16.3. The highest BCUT2D eigenvalue weighted by Crippen LogP contribution is 2.29. The Kier molecular flexibility index (Phi) is 8.31. The molecule has 0 saturated heterocycles. The summed E-state index contributed by atoms with van der Waals surface area (Å²) in [5.41, 5.74) is 1.09. The molecule has 1 unspecified atom stereocenters. The zero-order valence-electron chi connectivity index (χ0n) is 12.5. The van der Waals surface area contributed by atoms with Crippen molar-refractivity contribution in [1.82, 2.24) is 5.32 Å². The fraction of sp³-hybridized carbons (Fsp3) is 0.647. The first-order chi connectivity index (χ1) is 9.29. The maximum atomic E-state index is 9.95. The molecule has 0 heterocycles. The van der Waals surface area contributed by atoms with Gasteiger partial charge in [-0.05, 0) is 31.0 Å². The van der Waals surface area contributed by atoms with Gasteiger partial charge in [0.25, 0.3) is 0 Å². The third kappa shape index (κ3) is 6.11. The van der Waals surface area contributed by atoms with Crippen LogP contribution in [0.25, 0.3) is 0 Å². The van der Waals surface area contributed by atoms with Crippen LogP contribution in [0.15, 0.2) is 24.3 Å². The van der Waals surface area contributed by atoms with Gasteiger partial charge in [-0.3, -0.25) is 0 Å². The maximum Gasteiger partial charge on any atom is 0.119 e. The zero-order chi connectivity index (χ0) is 13.9. The topological polar surface area (TPSA) is 32.3 Å². The van der Waals surface area contributed by atoms with E-state index in [1.807, 2.05) is 19.2 Å². The maximum absolute atomic E-state index is 9.95. The van der Waals surface area contributed by atoms with E-state index in [0.717, 1.165) is 18.5 Å². The third-order valence-electron chi connectivity index (χ3n) is 3.73. The number of phenolic OH excluding ortho intramolecular Hbond substituents is 1. The fourth-order valence-electron chi connectivity index (χ4n) is 2.62. The molecule has 0 aliphatic carbocycles. The van der Waals surface area contributed by atoms with Gasteiger partial charge in [0.1, 0.15) is 5.75 Å². The Morgan fingerprint density at radius 2 is 1.74 bits per heavy atom. The number of likely N-dealkylation sites (N-methyl/N-ethyl adjacent to an activating group) is 1. The van der Waals surface area contributed by atoms with Gasteiger partial charge in [0.2, 0.25) is 0 Å². The molecule has 0 bridgehead atoms. The molecule has 0 aromatic heterocycles. The van der Waals surface area contributed by atoms with E-state index in [9.17, 15) is 5.11 Å². The molecule has 2 nitrogen and oxygen atoms in total. The van der Waals surface area contributed by atoms with Gasteiger partial charge < -0.3 is 10.4 Å². The van der Waals surface area contributed by atoms with E-state index in [1.165, 1.54) is 38.5 Å². The van der Waals surface area contributed by atoms with Crippen molar-refractivity contribution in [3.8, 4) is 5.75 Å². The second kappa shape index (κ2) is 9.85. The van der Waals surface area contributed by atoms with Crippen LogP contribution in [0.5, 0.6) is 5.75 Å². The monoisotopic (exact) mass is 263 g/mol. The molecule has 0 aliphatic heterocycles. The molecule has 1 rings (SSSR count). The normalized spacial score (nSPS) is 12.5. The minimum absolute atomic E-state index is 0.428. The molecular formula is C17H29NO. The molecule has 0 spiro atoms. The molecule has 19 heavy (non-hydrogen) atoms. The van der Waals surface area contributed by atoms with Crippen LogP contribution in [0.4, 0.5) is 0 Å². The van der Waals surface area contributed by atoms with Crippen LogP contribution in [-0.4, -0.2) is 18.7 Å². The molecule has 0 saturated carbocycles. The SMILES string of the molecule is CCCCCCCCC(CNC)c1ccccc1O. The van der Waals surface area contributed by atoms with Crippen molar-refractivity contribution in [2.24, 2.45) is 0 Å². The summed E-state index contributed by atoms with van der Waals surface area (Å²) in [5, 5.41) is 13.2. The highest BCUT2D eigenvalue weighted by molar-refractivity contribution is 5.35. The van der Waals surface area contributed by atoms with Crippen molar-refractivity contribution in [1.29, 1.82) is 0 Å². The Morgan fingerprint density at radius 1 is 1.05 bits per heavy atom. The van der Waals surface area contributed by atoms with Crippen LogP contribution < -0.4 is 5.32 Å². The van der Waals surface area contributed by atoms with Gasteiger partial charge >= 0.3 is 0 Å². The highest BCUT2D eigenvalue weighted by Gasteiger charge is 2.13. The van der Waals surface area contributed by atoms with Crippen LogP contribution in [0.2, 0.25) is 0 Å². The summed E-state index contributed by atoms with van der Waals surface area (Å²) in [5.74, 6) is 0.867. The average Bonchev–Trinajstić information content (AvgIpc) is 2.42. The molecule has 1 aromatic carbocycles. The molecule has 2 N–H and O–H groups in total. The molecule has 2 heteroatoms. The van der Waals surface area contributed by atoms with Gasteiger partial charge in [0.05, 0.1) is 0 Å². The Labute approximate surface area is 118 Å². The zero-order valence-corrected chi connectivity index (χ0v) is 12.5. The number of hydrogen-bond acceptors (Lipinski definition) is 2. The van der Waals surface area contributed by atoms with Crippen LogP contribution in [0.3, 0.4) is 0 Å². The second-order valence-corrected chi connectivity index (χ2v) is 5.37. The van der Waals surface area contributed by atoms with E-state index in [0.29, 0.717) is 11.7 Å². The minimum Gasteiger partial charge on any atom is -0.508 e. The Bertz CT molecular complexity index is 338. The molecular weight excluding hydrogens is 234 g/mol. The summed E-state index contributed by atoms with van der Waals surface area (Å²) in [6.07, 6.45) is 9.10. The number of phenols is 1. The van der Waals surface area contributed by atoms with Gasteiger partial charge in [-0.15, -0.1) is 0 Å². The minimum atomic E-state index is 0.428. The summed E-state index contributed by atoms with van der Waals surface area (Å²) in [6, 6.07) is 7.74. The van der Waals surface area contributed by atoms with Crippen LogP contribution in [0, 0.1) is 0 Å². The van der Waals surface area contributed by atoms with Gasteiger partial charge in [-0.1, -0.05) is 63.6 Å². The van der Waals surface area contributed by atoms with E-state index in [4.69, 9.17) is 0 Å². The summed E-state index contributed by atoms with van der Waals surface area (Å²) >= 11 is 0. The number of para-hydroxylation sites is 1. The van der Waals surface area contributed by atoms with Gasteiger partial charge in [-0.25, -0.2) is 0 Å². The first-order valence-corrected chi connectivity index (χ1v) is 7.72. The predicted molar refractivity (Wildman–Crippen MR) is 82.8 cm³/mol. The summed E-state index contributed by atoms with van der Waals surface area (Å²) in [7, 11) is 1.98. The predicted octanol–water partition coefficient (Wildman–Crippen LogP) is 4.45. The Morgan fingerprint density at radius 3 is 2.42 bits per heavy atom. The van der Waals surface area contributed by atoms with Crippen LogP contribution in [-0.2, 0) is 0 Å². The molecule has 108 valence electrons. The van der Waals surface area contributed by atoms with Crippen molar-refractivity contribution < 1.29 is 5.11 Å². The third-order valence-corrected chi connectivity index (χ3v) is 3.73. The largest absolute Gasteiger partial charge is 0.508 e. The Hall–Kier alpha value is -1.02. The van der Waals surface area contributed by atoms with E-state index in [1.54, 1.807) is 6.07 Å². The molecule has 0 aliphatic rings. The Balaban J connectivity index is 2.39. The molecule has 0 radical (unpaired) electrons. The van der Waals surface area contributed by atoms with Crippen molar-refractivity contribution in [2.45, 2.75) is 57.8 Å². The number of aromatic hydroxyl groups is 1. The standard InChI is InChI=1S/C17H29NO/c1-3-4-5-6-7-8-11-15(14-18-2)16-12-9-10-13-17(16)19/h9-10,12-13,15,18-19H,3-8,11,14H2,1-2H3. The van der Waals surface area contributed by atoms with Gasteiger partial charge in [-0.2, -0.15) is 0 Å². The van der Waals surface area contributed by atoms with Crippen LogP contribution in [0.1, 0.15) is 63.4 Å². The molecule has 0 amide bonds. The fourth-order valence-corrected chi connectivity index (χ4v) is 2.62. The number of unbranched alkanes of at least 4 members (excludes halogenated alkanes) is 5. The quantitative estimate of drug-likeness (QED) is 0.611. The van der Waals surface area contributed by atoms with Gasteiger partial charge in [0.15, 0.2) is 0 Å². The molecule has 0 fully saturated rings. The lowest BCUT2D eigenvalue weighted by Crippen LogP contribution is -2.17. The first-order valence-electron chi connectivity index (χ1n) is 7.72. The van der Waals surface area contributed by atoms with E-state index < -0.39 is 0 Å². The van der Waals surface area contributed by atoms with Crippen molar-refractivity contribution in [3.63, 3.8) is 0 Å². The van der Waals surface area contributed by atoms with Crippen molar-refractivity contribution in [2.75, 3.05) is 13.6 Å². The summed E-state index contributed by atoms with van der Waals surface area (Å²) in [6.45, 7) is 3.19. The smallest absolute Gasteiger partial charge is 0.119 e. The van der Waals surface area contributed by atoms with Gasteiger partial charge in [0, 0.05) is 6.54 Å². The molecule has 1 atom stereocenters. The lowest BCUT2D eigenvalue weighted by molar-refractivity contribution is 0.449. The number of rotatable bonds is 10. The van der Waals surface area contributed by atoms with Crippen molar-refractivity contribution in [3.05, 3.63) is 29.8 Å². The average molecular weight is 263 g/mol. The first kappa shape index (κ1) is 16.0. The summed E-state index contributed by atoms with van der Waals surface area (Å²) in [4.78, 5) is 0. The summed E-state index contributed by atoms with van der Waals surface area (Å²) < 4.78 is 0. The number of benzene rings is 1. The van der Waals surface area contributed by atoms with Crippen molar-refractivity contribution >= 4 is 0 Å². The number of nitrogens with one attached hydrogen (secondary N) is 1. The number of hydrogen-bond donors (Lipinski definition) is 2. The second-order valence-electron chi connectivity index (χ2n) is 5.37.